The topological polar surface area (TPSA) is 145 Å². The van der Waals surface area contributed by atoms with Crippen molar-refractivity contribution >= 4 is 11.4 Å². The molecule has 10 nitrogen and oxygen atoms in total. The van der Waals surface area contributed by atoms with Crippen LogP contribution in [0.25, 0.3) is 22.3 Å². The van der Waals surface area contributed by atoms with Crippen molar-refractivity contribution in [1.82, 2.24) is 0 Å². The summed E-state index contributed by atoms with van der Waals surface area (Å²) in [6, 6.07) is 11.0. The van der Waals surface area contributed by atoms with Gasteiger partial charge in [0.15, 0.2) is 23.0 Å². The average molecular weight is 412 g/mol. The van der Waals surface area contributed by atoms with Gasteiger partial charge >= 0.3 is 11.4 Å². The molecule has 10 heteroatoms. The lowest BCUT2D eigenvalue weighted by atomic mass is 9.97. The highest BCUT2D eigenvalue weighted by Crippen LogP contribution is 2.46. The number of phenols is 2. The van der Waals surface area contributed by atoms with Crippen molar-refractivity contribution in [2.45, 2.75) is 0 Å². The normalized spacial score (nSPS) is 10.5. The van der Waals surface area contributed by atoms with E-state index in [9.17, 15) is 30.4 Å². The molecule has 0 aromatic heterocycles. The lowest BCUT2D eigenvalue weighted by Crippen LogP contribution is -1.97. The van der Waals surface area contributed by atoms with Gasteiger partial charge in [0.1, 0.15) is 0 Å². The van der Waals surface area contributed by atoms with Crippen molar-refractivity contribution in [3.8, 4) is 45.3 Å². The fourth-order valence-corrected chi connectivity index (χ4v) is 3.10. The molecule has 0 heterocycles. The highest BCUT2D eigenvalue weighted by Gasteiger charge is 2.22. The zero-order valence-corrected chi connectivity index (χ0v) is 15.9. The lowest BCUT2D eigenvalue weighted by Gasteiger charge is -2.17. The predicted octanol–water partition coefficient (Wildman–Crippen LogP) is 4.27. The summed E-state index contributed by atoms with van der Waals surface area (Å²) in [6.45, 7) is 0. The van der Waals surface area contributed by atoms with E-state index >= 15 is 0 Å². The molecule has 3 aromatic rings. The number of methoxy groups -OCH3 is 2. The average Bonchev–Trinajstić information content (AvgIpc) is 2.73. The van der Waals surface area contributed by atoms with E-state index in [4.69, 9.17) is 9.47 Å². The molecule has 0 unspecified atom stereocenters. The highest BCUT2D eigenvalue weighted by molar-refractivity contribution is 5.85. The Morgan fingerprint density at radius 2 is 1.07 bits per heavy atom. The molecule has 0 radical (unpaired) electrons. The monoisotopic (exact) mass is 412 g/mol. The predicted molar refractivity (Wildman–Crippen MR) is 107 cm³/mol. The van der Waals surface area contributed by atoms with Crippen LogP contribution < -0.4 is 9.47 Å². The first kappa shape index (κ1) is 20.4. The van der Waals surface area contributed by atoms with Crippen molar-refractivity contribution in [3.05, 3.63) is 68.8 Å². The van der Waals surface area contributed by atoms with Gasteiger partial charge in [-0.3, -0.25) is 20.2 Å². The highest BCUT2D eigenvalue weighted by atomic mass is 16.6. The molecule has 30 heavy (non-hydrogen) atoms. The second kappa shape index (κ2) is 7.95. The first-order valence-electron chi connectivity index (χ1n) is 8.49. The maximum Gasteiger partial charge on any atom is 0.311 e. The summed E-state index contributed by atoms with van der Waals surface area (Å²) in [6.07, 6.45) is 0. The third kappa shape index (κ3) is 3.53. The quantitative estimate of drug-likeness (QED) is 0.451. The minimum Gasteiger partial charge on any atom is -0.502 e. The van der Waals surface area contributed by atoms with Crippen molar-refractivity contribution in [2.75, 3.05) is 14.2 Å². The first-order valence-corrected chi connectivity index (χ1v) is 8.49. The number of hydrogen-bond acceptors (Lipinski definition) is 8. The number of hydrogen-bond donors (Lipinski definition) is 2. The summed E-state index contributed by atoms with van der Waals surface area (Å²) >= 11 is 0. The first-order chi connectivity index (χ1) is 14.3. The third-order valence-electron chi connectivity index (χ3n) is 4.49. The number of rotatable bonds is 6. The summed E-state index contributed by atoms with van der Waals surface area (Å²) < 4.78 is 11.0. The Morgan fingerprint density at radius 1 is 0.700 bits per heavy atom. The van der Waals surface area contributed by atoms with Crippen LogP contribution in [0, 0.1) is 20.2 Å². The van der Waals surface area contributed by atoms with Crippen LogP contribution in [0.5, 0.6) is 23.0 Å². The minimum absolute atomic E-state index is 0.241. The molecule has 0 spiro atoms. The number of benzene rings is 3. The van der Waals surface area contributed by atoms with Crippen LogP contribution in [-0.2, 0) is 0 Å². The molecule has 0 saturated carbocycles. The van der Waals surface area contributed by atoms with Gasteiger partial charge in [0.05, 0.1) is 24.1 Å². The molecule has 0 saturated heterocycles. The van der Waals surface area contributed by atoms with E-state index in [0.29, 0.717) is 22.3 Å². The molecule has 3 aromatic carbocycles. The lowest BCUT2D eigenvalue weighted by molar-refractivity contribution is -0.385. The van der Waals surface area contributed by atoms with Gasteiger partial charge in [-0.05, 0) is 35.4 Å². The standard InChI is InChI=1S/C20H16N2O8/c1-29-19-13(11-3-7-17(23)15(9-11)21(25)26)5-6-14(20(19)30-2)12-4-8-18(24)16(10-12)22(27)28/h3-10,23-24H,1-2H3. The van der Waals surface area contributed by atoms with Crippen LogP contribution in [0.4, 0.5) is 11.4 Å². The van der Waals surface area contributed by atoms with E-state index in [0.717, 1.165) is 0 Å². The molecular formula is C20H16N2O8. The van der Waals surface area contributed by atoms with Crippen molar-refractivity contribution < 1.29 is 29.5 Å². The molecule has 2 N–H and O–H groups in total. The van der Waals surface area contributed by atoms with Gasteiger partial charge in [0.25, 0.3) is 0 Å². The Balaban J connectivity index is 2.22. The van der Waals surface area contributed by atoms with Crippen molar-refractivity contribution in [3.63, 3.8) is 0 Å². The molecule has 0 fully saturated rings. The van der Waals surface area contributed by atoms with Crippen LogP contribution in [-0.4, -0.2) is 34.3 Å². The number of nitrogens with zero attached hydrogens (tertiary/aromatic N) is 2. The van der Waals surface area contributed by atoms with Crippen molar-refractivity contribution in [1.29, 1.82) is 0 Å². The smallest absolute Gasteiger partial charge is 0.311 e. The molecule has 0 aliphatic heterocycles. The Hall–Kier alpha value is -4.34. The molecule has 0 aliphatic rings. The van der Waals surface area contributed by atoms with Gasteiger partial charge in [-0.2, -0.15) is 0 Å². The molecule has 0 amide bonds. The summed E-state index contributed by atoms with van der Waals surface area (Å²) in [5.41, 5.74) is 0.776. The molecule has 0 aliphatic carbocycles. The van der Waals surface area contributed by atoms with Gasteiger partial charge in [-0.15, -0.1) is 0 Å². The maximum absolute atomic E-state index is 11.2. The van der Waals surface area contributed by atoms with Crippen LogP contribution in [0.3, 0.4) is 0 Å². The molecular weight excluding hydrogens is 396 g/mol. The molecule has 3 rings (SSSR count). The van der Waals surface area contributed by atoms with E-state index in [1.54, 1.807) is 12.1 Å². The fraction of sp³-hybridized carbons (Fsp3) is 0.100. The number of aromatic hydroxyl groups is 2. The van der Waals surface area contributed by atoms with Gasteiger partial charge < -0.3 is 19.7 Å². The number of nitro benzene ring substituents is 2. The third-order valence-corrected chi connectivity index (χ3v) is 4.49. The molecule has 154 valence electrons. The number of ether oxygens (including phenoxy) is 2. The Morgan fingerprint density at radius 3 is 1.37 bits per heavy atom. The van der Waals surface area contributed by atoms with E-state index in [1.807, 2.05) is 0 Å². The second-order valence-corrected chi connectivity index (χ2v) is 6.15. The minimum atomic E-state index is -0.702. The van der Waals surface area contributed by atoms with Crippen LogP contribution in [0.15, 0.2) is 48.5 Å². The number of nitro groups is 2. The zero-order valence-electron chi connectivity index (χ0n) is 15.9. The van der Waals surface area contributed by atoms with Gasteiger partial charge in [0.2, 0.25) is 0 Å². The van der Waals surface area contributed by atoms with E-state index in [1.165, 1.54) is 50.6 Å². The fourth-order valence-electron chi connectivity index (χ4n) is 3.10. The van der Waals surface area contributed by atoms with Crippen LogP contribution in [0.2, 0.25) is 0 Å². The van der Waals surface area contributed by atoms with E-state index in [-0.39, 0.29) is 11.5 Å². The van der Waals surface area contributed by atoms with Crippen LogP contribution in [0.1, 0.15) is 0 Å². The van der Waals surface area contributed by atoms with Gasteiger partial charge in [-0.25, -0.2) is 0 Å². The van der Waals surface area contributed by atoms with Crippen molar-refractivity contribution in [2.24, 2.45) is 0 Å². The second-order valence-electron chi connectivity index (χ2n) is 6.15. The molecule has 0 bridgehead atoms. The van der Waals surface area contributed by atoms with Gasteiger partial charge in [0, 0.05) is 23.3 Å². The largest absolute Gasteiger partial charge is 0.502 e. The van der Waals surface area contributed by atoms with E-state index in [2.05, 4.69) is 0 Å². The Kier molecular flexibility index (Phi) is 5.41. The van der Waals surface area contributed by atoms with Crippen LogP contribution >= 0.6 is 0 Å². The summed E-state index contributed by atoms with van der Waals surface area (Å²) in [5, 5.41) is 41.7. The summed E-state index contributed by atoms with van der Waals surface area (Å²) in [5.74, 6) is -0.457. The Labute approximate surface area is 169 Å². The van der Waals surface area contributed by atoms with E-state index < -0.39 is 32.7 Å². The van der Waals surface area contributed by atoms with Gasteiger partial charge in [-0.1, -0.05) is 12.1 Å². The number of phenolic OH excluding ortho intramolecular Hbond substituents is 2. The summed E-state index contributed by atoms with van der Waals surface area (Å²) in [4.78, 5) is 20.9. The zero-order chi connectivity index (χ0) is 22.0. The maximum atomic E-state index is 11.2. The molecule has 0 atom stereocenters. The Bertz CT molecular complexity index is 1070. The summed E-state index contributed by atoms with van der Waals surface area (Å²) in [7, 11) is 2.78. The SMILES string of the molecule is COc1c(-c2ccc(O)c([N+](=O)[O-])c2)ccc(-c2ccc(O)c([N+](=O)[O-])c2)c1OC.